The summed E-state index contributed by atoms with van der Waals surface area (Å²) in [6, 6.07) is 9.66. The van der Waals surface area contributed by atoms with Gasteiger partial charge in [0, 0.05) is 18.1 Å². The van der Waals surface area contributed by atoms with Crippen LogP contribution in [0.1, 0.15) is 26.1 Å². The molecule has 0 spiro atoms. The van der Waals surface area contributed by atoms with E-state index in [1.54, 1.807) is 6.07 Å². The van der Waals surface area contributed by atoms with Crippen LogP contribution in [0.3, 0.4) is 0 Å². The van der Waals surface area contributed by atoms with Crippen molar-refractivity contribution in [2.24, 2.45) is 0 Å². The van der Waals surface area contributed by atoms with Crippen LogP contribution in [0, 0.1) is 0 Å². The van der Waals surface area contributed by atoms with Gasteiger partial charge < -0.3 is 10.5 Å². The molecule has 0 saturated heterocycles. The highest BCUT2D eigenvalue weighted by Crippen LogP contribution is 2.29. The number of ether oxygens (including phenoxy) is 1. The Bertz CT molecular complexity index is 555. The summed E-state index contributed by atoms with van der Waals surface area (Å²) in [5, 5.41) is 0. The minimum absolute atomic E-state index is 0.493. The number of aromatic nitrogens is 2. The molecule has 2 rings (SSSR count). The molecule has 1 heterocycles. The predicted octanol–water partition coefficient (Wildman–Crippen LogP) is 3.08. The first-order valence-corrected chi connectivity index (χ1v) is 6.60. The SMILES string of the molecule is CCCOc1ccccc1-c1cc(N)nc(CC)n1. The van der Waals surface area contributed by atoms with E-state index in [4.69, 9.17) is 10.5 Å². The highest BCUT2D eigenvalue weighted by Gasteiger charge is 2.09. The van der Waals surface area contributed by atoms with Gasteiger partial charge >= 0.3 is 0 Å². The van der Waals surface area contributed by atoms with Gasteiger partial charge in [-0.05, 0) is 18.6 Å². The smallest absolute Gasteiger partial charge is 0.131 e. The first-order valence-electron chi connectivity index (χ1n) is 6.60. The van der Waals surface area contributed by atoms with E-state index in [0.29, 0.717) is 12.4 Å². The van der Waals surface area contributed by atoms with Crippen LogP contribution < -0.4 is 10.5 Å². The summed E-state index contributed by atoms with van der Waals surface area (Å²) in [6.07, 6.45) is 1.73. The first kappa shape index (κ1) is 13.3. The Morgan fingerprint density at radius 1 is 1.16 bits per heavy atom. The van der Waals surface area contributed by atoms with E-state index in [0.717, 1.165) is 35.7 Å². The van der Waals surface area contributed by atoms with Gasteiger partial charge in [-0.2, -0.15) is 0 Å². The molecule has 0 aliphatic heterocycles. The first-order chi connectivity index (χ1) is 9.24. The summed E-state index contributed by atoms with van der Waals surface area (Å²) >= 11 is 0. The summed E-state index contributed by atoms with van der Waals surface area (Å²) in [4.78, 5) is 8.72. The van der Waals surface area contributed by atoms with Crippen LogP contribution in [0.15, 0.2) is 30.3 Å². The molecule has 0 radical (unpaired) electrons. The lowest BCUT2D eigenvalue weighted by molar-refractivity contribution is 0.318. The van der Waals surface area contributed by atoms with Gasteiger partial charge in [0.25, 0.3) is 0 Å². The standard InChI is InChI=1S/C15H19N3O/c1-3-9-19-13-8-6-5-7-11(13)12-10-14(16)18-15(4-2)17-12/h5-8,10H,3-4,9H2,1-2H3,(H2,16,17,18). The minimum Gasteiger partial charge on any atom is -0.493 e. The molecular weight excluding hydrogens is 238 g/mol. The molecule has 100 valence electrons. The van der Waals surface area contributed by atoms with E-state index in [-0.39, 0.29) is 0 Å². The Morgan fingerprint density at radius 3 is 2.68 bits per heavy atom. The van der Waals surface area contributed by atoms with Gasteiger partial charge in [-0.1, -0.05) is 26.0 Å². The molecule has 4 heteroatoms. The number of para-hydroxylation sites is 1. The van der Waals surface area contributed by atoms with Gasteiger partial charge in [-0.25, -0.2) is 9.97 Å². The highest BCUT2D eigenvalue weighted by atomic mass is 16.5. The van der Waals surface area contributed by atoms with Crippen molar-refractivity contribution in [1.29, 1.82) is 0 Å². The minimum atomic E-state index is 0.493. The van der Waals surface area contributed by atoms with E-state index in [9.17, 15) is 0 Å². The highest BCUT2D eigenvalue weighted by molar-refractivity contribution is 5.68. The Hall–Kier alpha value is -2.10. The molecule has 4 nitrogen and oxygen atoms in total. The number of rotatable bonds is 5. The van der Waals surface area contributed by atoms with E-state index < -0.39 is 0 Å². The van der Waals surface area contributed by atoms with Crippen molar-refractivity contribution in [2.45, 2.75) is 26.7 Å². The average Bonchev–Trinajstić information content (AvgIpc) is 2.44. The number of hydrogen-bond donors (Lipinski definition) is 1. The number of nitrogens with zero attached hydrogens (tertiary/aromatic N) is 2. The second kappa shape index (κ2) is 6.18. The molecule has 0 aliphatic carbocycles. The van der Waals surface area contributed by atoms with Crippen molar-refractivity contribution in [1.82, 2.24) is 9.97 Å². The monoisotopic (exact) mass is 257 g/mol. The maximum Gasteiger partial charge on any atom is 0.131 e. The molecule has 2 N–H and O–H groups in total. The molecule has 0 aliphatic rings. The number of anilines is 1. The zero-order valence-corrected chi connectivity index (χ0v) is 11.4. The fourth-order valence-electron chi connectivity index (χ4n) is 1.83. The second-order valence-electron chi connectivity index (χ2n) is 4.29. The van der Waals surface area contributed by atoms with Crippen LogP contribution >= 0.6 is 0 Å². The lowest BCUT2D eigenvalue weighted by atomic mass is 10.1. The Labute approximate surface area is 113 Å². The molecule has 2 aromatic rings. The quantitative estimate of drug-likeness (QED) is 0.894. The Kier molecular flexibility index (Phi) is 4.34. The van der Waals surface area contributed by atoms with Crippen molar-refractivity contribution in [2.75, 3.05) is 12.3 Å². The molecule has 0 fully saturated rings. The summed E-state index contributed by atoms with van der Waals surface area (Å²) in [6.45, 7) is 4.79. The number of hydrogen-bond acceptors (Lipinski definition) is 4. The van der Waals surface area contributed by atoms with Crippen molar-refractivity contribution < 1.29 is 4.74 Å². The van der Waals surface area contributed by atoms with E-state index in [1.807, 2.05) is 31.2 Å². The van der Waals surface area contributed by atoms with Crippen molar-refractivity contribution >= 4 is 5.82 Å². The largest absolute Gasteiger partial charge is 0.493 e. The van der Waals surface area contributed by atoms with Gasteiger partial charge in [0.05, 0.1) is 12.3 Å². The molecular formula is C15H19N3O. The van der Waals surface area contributed by atoms with Gasteiger partial charge in [0.15, 0.2) is 0 Å². The third-order valence-corrected chi connectivity index (χ3v) is 2.73. The lowest BCUT2D eigenvalue weighted by Crippen LogP contribution is -2.02. The molecule has 0 atom stereocenters. The van der Waals surface area contributed by atoms with Crippen molar-refractivity contribution in [3.8, 4) is 17.0 Å². The van der Waals surface area contributed by atoms with Crippen molar-refractivity contribution in [3.05, 3.63) is 36.2 Å². The maximum atomic E-state index is 5.83. The van der Waals surface area contributed by atoms with E-state index >= 15 is 0 Å². The fourth-order valence-corrected chi connectivity index (χ4v) is 1.83. The summed E-state index contributed by atoms with van der Waals surface area (Å²) < 4.78 is 5.75. The number of benzene rings is 1. The molecule has 0 bridgehead atoms. The normalized spacial score (nSPS) is 10.4. The van der Waals surface area contributed by atoms with Gasteiger partial charge in [0.1, 0.15) is 17.4 Å². The van der Waals surface area contributed by atoms with Crippen molar-refractivity contribution in [3.63, 3.8) is 0 Å². The predicted molar refractivity (Wildman–Crippen MR) is 77.0 cm³/mol. The molecule has 0 amide bonds. The number of aryl methyl sites for hydroxylation is 1. The maximum absolute atomic E-state index is 5.83. The Balaban J connectivity index is 2.43. The summed E-state index contributed by atoms with van der Waals surface area (Å²) in [5.41, 5.74) is 7.60. The summed E-state index contributed by atoms with van der Waals surface area (Å²) in [5.74, 6) is 2.08. The average molecular weight is 257 g/mol. The van der Waals surface area contributed by atoms with Gasteiger partial charge in [-0.15, -0.1) is 0 Å². The fraction of sp³-hybridized carbons (Fsp3) is 0.333. The molecule has 0 saturated carbocycles. The number of nitrogens with two attached hydrogens (primary N) is 1. The van der Waals surface area contributed by atoms with Crippen LogP contribution in [0.4, 0.5) is 5.82 Å². The zero-order valence-electron chi connectivity index (χ0n) is 11.4. The number of nitrogen functional groups attached to an aromatic ring is 1. The van der Waals surface area contributed by atoms with Crippen LogP contribution in [-0.2, 0) is 6.42 Å². The Morgan fingerprint density at radius 2 is 1.95 bits per heavy atom. The summed E-state index contributed by atoms with van der Waals surface area (Å²) in [7, 11) is 0. The van der Waals surface area contributed by atoms with Crippen LogP contribution in [0.5, 0.6) is 5.75 Å². The molecule has 1 aromatic heterocycles. The molecule has 19 heavy (non-hydrogen) atoms. The zero-order chi connectivity index (χ0) is 13.7. The second-order valence-corrected chi connectivity index (χ2v) is 4.29. The third kappa shape index (κ3) is 3.22. The molecule has 1 aromatic carbocycles. The molecule has 0 unspecified atom stereocenters. The van der Waals surface area contributed by atoms with Gasteiger partial charge in [0.2, 0.25) is 0 Å². The lowest BCUT2D eigenvalue weighted by Gasteiger charge is -2.11. The van der Waals surface area contributed by atoms with Crippen LogP contribution in [0.25, 0.3) is 11.3 Å². The third-order valence-electron chi connectivity index (χ3n) is 2.73. The van der Waals surface area contributed by atoms with Crippen LogP contribution in [-0.4, -0.2) is 16.6 Å². The topological polar surface area (TPSA) is 61.0 Å². The van der Waals surface area contributed by atoms with Gasteiger partial charge in [-0.3, -0.25) is 0 Å². The van der Waals surface area contributed by atoms with Crippen LogP contribution in [0.2, 0.25) is 0 Å². The van der Waals surface area contributed by atoms with E-state index in [1.165, 1.54) is 0 Å². The van der Waals surface area contributed by atoms with E-state index in [2.05, 4.69) is 16.9 Å².